The van der Waals surface area contributed by atoms with Crippen LogP contribution in [0.15, 0.2) is 16.7 Å². The van der Waals surface area contributed by atoms with Crippen LogP contribution in [0.5, 0.6) is 0 Å². The Morgan fingerprint density at radius 3 is 3.07 bits per heavy atom. The van der Waals surface area contributed by atoms with Gasteiger partial charge in [-0.2, -0.15) is 0 Å². The summed E-state index contributed by atoms with van der Waals surface area (Å²) < 4.78 is 14.2. The number of hydrogen-bond donors (Lipinski definition) is 0. The van der Waals surface area contributed by atoms with Crippen molar-refractivity contribution in [3.05, 3.63) is 22.6 Å². The smallest absolute Gasteiger partial charge is 0.166 e. The first-order chi connectivity index (χ1) is 7.16. The first kappa shape index (κ1) is 11.1. The van der Waals surface area contributed by atoms with Gasteiger partial charge in [0.25, 0.3) is 0 Å². The summed E-state index contributed by atoms with van der Waals surface area (Å²) in [5, 5.41) is 0.101. The molecule has 2 nitrogen and oxygen atoms in total. The molecule has 0 radical (unpaired) electrons. The average Bonchev–Trinajstić information content (AvgIpc) is 2.17. The Kier molecular flexibility index (Phi) is 3.46. The summed E-state index contributed by atoms with van der Waals surface area (Å²) in [7, 11) is 0. The van der Waals surface area contributed by atoms with Gasteiger partial charge >= 0.3 is 0 Å². The van der Waals surface area contributed by atoms with Gasteiger partial charge in [-0.25, -0.2) is 9.37 Å². The number of aromatic nitrogens is 1. The molecule has 0 N–H and O–H groups in total. The fourth-order valence-electron chi connectivity index (χ4n) is 1.76. The Bertz CT molecular complexity index is 361. The highest BCUT2D eigenvalue weighted by Gasteiger charge is 2.21. The highest BCUT2D eigenvalue weighted by molar-refractivity contribution is 9.10. The Balaban J connectivity index is 2.21. The van der Waals surface area contributed by atoms with Crippen LogP contribution in [0.25, 0.3) is 0 Å². The molecule has 15 heavy (non-hydrogen) atoms. The number of pyridine rings is 1. The second-order valence-electron chi connectivity index (χ2n) is 3.64. The van der Waals surface area contributed by atoms with E-state index in [0.717, 1.165) is 19.4 Å². The fourth-order valence-corrected chi connectivity index (χ4v) is 2.38. The quantitative estimate of drug-likeness (QED) is 0.739. The topological polar surface area (TPSA) is 16.1 Å². The Labute approximate surface area is 102 Å². The van der Waals surface area contributed by atoms with Gasteiger partial charge in [0.1, 0.15) is 0 Å². The van der Waals surface area contributed by atoms with Crippen LogP contribution in [0.1, 0.15) is 12.8 Å². The molecule has 1 unspecified atom stereocenters. The zero-order chi connectivity index (χ0) is 10.8. The minimum absolute atomic E-state index is 0.101. The lowest BCUT2D eigenvalue weighted by molar-refractivity contribution is 0.554. The monoisotopic (exact) mass is 292 g/mol. The van der Waals surface area contributed by atoms with Crippen LogP contribution in [0.4, 0.5) is 10.2 Å². The third-order valence-electron chi connectivity index (χ3n) is 2.45. The molecule has 0 bridgehead atoms. The van der Waals surface area contributed by atoms with Gasteiger partial charge in [-0.3, -0.25) is 0 Å². The SMILES string of the molecule is Fc1cc(Br)cnc1N1CCCC(Cl)C1. The molecule has 0 aromatic carbocycles. The predicted molar refractivity (Wildman–Crippen MR) is 63.0 cm³/mol. The van der Waals surface area contributed by atoms with Crippen molar-refractivity contribution in [2.24, 2.45) is 0 Å². The molecule has 5 heteroatoms. The lowest BCUT2D eigenvalue weighted by Gasteiger charge is -2.30. The van der Waals surface area contributed by atoms with E-state index in [1.54, 1.807) is 6.20 Å². The van der Waals surface area contributed by atoms with Crippen LogP contribution >= 0.6 is 27.5 Å². The van der Waals surface area contributed by atoms with E-state index in [1.165, 1.54) is 6.07 Å². The van der Waals surface area contributed by atoms with Crippen LogP contribution in [-0.4, -0.2) is 23.5 Å². The van der Waals surface area contributed by atoms with Gasteiger partial charge in [-0.05, 0) is 34.8 Å². The number of rotatable bonds is 1. The minimum atomic E-state index is -0.296. The summed E-state index contributed by atoms with van der Waals surface area (Å²) in [5.41, 5.74) is 0. The molecule has 1 aliphatic heterocycles. The van der Waals surface area contributed by atoms with Gasteiger partial charge in [0.2, 0.25) is 0 Å². The highest BCUT2D eigenvalue weighted by atomic mass is 79.9. The van der Waals surface area contributed by atoms with Crippen LogP contribution in [-0.2, 0) is 0 Å². The summed E-state index contributed by atoms with van der Waals surface area (Å²) in [6.45, 7) is 1.50. The standard InChI is InChI=1S/C10H11BrClFN2/c11-7-4-9(13)10(14-5-7)15-3-1-2-8(12)6-15/h4-5,8H,1-3,6H2. The number of hydrogen-bond acceptors (Lipinski definition) is 2. The zero-order valence-electron chi connectivity index (χ0n) is 8.09. The predicted octanol–water partition coefficient (Wildman–Crippen LogP) is 3.19. The number of halogens is 3. The summed E-state index contributed by atoms with van der Waals surface area (Å²) in [6, 6.07) is 1.43. The van der Waals surface area contributed by atoms with Gasteiger partial charge in [-0.1, -0.05) is 0 Å². The van der Waals surface area contributed by atoms with Crippen LogP contribution in [0.3, 0.4) is 0 Å². The number of alkyl halides is 1. The molecule has 1 aromatic rings. The van der Waals surface area contributed by atoms with Crippen LogP contribution in [0, 0.1) is 5.82 Å². The number of piperidine rings is 1. The lowest BCUT2D eigenvalue weighted by atomic mass is 10.1. The van der Waals surface area contributed by atoms with Crippen molar-refractivity contribution >= 4 is 33.3 Å². The maximum atomic E-state index is 13.6. The summed E-state index contributed by atoms with van der Waals surface area (Å²) >= 11 is 9.23. The molecule has 1 fully saturated rings. The van der Waals surface area contributed by atoms with Crippen LogP contribution in [0.2, 0.25) is 0 Å². The molecule has 1 atom stereocenters. The molecule has 1 saturated heterocycles. The van der Waals surface area contributed by atoms with Crippen molar-refractivity contribution in [1.82, 2.24) is 4.98 Å². The molecule has 82 valence electrons. The van der Waals surface area contributed by atoms with E-state index >= 15 is 0 Å². The molecule has 0 amide bonds. The van der Waals surface area contributed by atoms with E-state index in [1.807, 2.05) is 4.90 Å². The average molecular weight is 294 g/mol. The van der Waals surface area contributed by atoms with E-state index in [-0.39, 0.29) is 11.2 Å². The van der Waals surface area contributed by atoms with E-state index in [9.17, 15) is 4.39 Å². The van der Waals surface area contributed by atoms with E-state index in [4.69, 9.17) is 11.6 Å². The molecule has 1 aromatic heterocycles. The number of anilines is 1. The second-order valence-corrected chi connectivity index (χ2v) is 5.18. The van der Waals surface area contributed by atoms with E-state index in [2.05, 4.69) is 20.9 Å². The Hall–Kier alpha value is -0.350. The molecule has 0 aliphatic carbocycles. The van der Waals surface area contributed by atoms with Gasteiger partial charge in [0.15, 0.2) is 11.6 Å². The van der Waals surface area contributed by atoms with Gasteiger partial charge in [0, 0.05) is 23.8 Å². The largest absolute Gasteiger partial charge is 0.353 e. The molecular weight excluding hydrogens is 282 g/mol. The van der Waals surface area contributed by atoms with Crippen molar-refractivity contribution in [2.45, 2.75) is 18.2 Å². The second kappa shape index (κ2) is 4.66. The first-order valence-electron chi connectivity index (χ1n) is 4.87. The summed E-state index contributed by atoms with van der Waals surface area (Å²) in [4.78, 5) is 5.99. The molecule has 0 spiro atoms. The Morgan fingerprint density at radius 2 is 2.40 bits per heavy atom. The Morgan fingerprint density at radius 1 is 1.60 bits per heavy atom. The third kappa shape index (κ3) is 2.61. The normalized spacial score (nSPS) is 21.8. The van der Waals surface area contributed by atoms with Crippen molar-refractivity contribution in [1.29, 1.82) is 0 Å². The highest BCUT2D eigenvalue weighted by Crippen LogP contribution is 2.24. The van der Waals surface area contributed by atoms with Gasteiger partial charge in [-0.15, -0.1) is 11.6 Å². The molecule has 2 rings (SSSR count). The fraction of sp³-hybridized carbons (Fsp3) is 0.500. The van der Waals surface area contributed by atoms with Crippen LogP contribution < -0.4 is 4.90 Å². The van der Waals surface area contributed by atoms with Crippen molar-refractivity contribution in [3.8, 4) is 0 Å². The molecule has 0 saturated carbocycles. The third-order valence-corrected chi connectivity index (χ3v) is 3.24. The minimum Gasteiger partial charge on any atom is -0.353 e. The van der Waals surface area contributed by atoms with E-state index < -0.39 is 0 Å². The zero-order valence-corrected chi connectivity index (χ0v) is 10.4. The molecule has 2 heterocycles. The molecular formula is C10H11BrClFN2. The number of nitrogens with zero attached hydrogens (tertiary/aromatic N) is 2. The van der Waals surface area contributed by atoms with Crippen molar-refractivity contribution < 1.29 is 4.39 Å². The first-order valence-corrected chi connectivity index (χ1v) is 6.10. The van der Waals surface area contributed by atoms with Gasteiger partial charge in [0.05, 0.1) is 5.38 Å². The van der Waals surface area contributed by atoms with Crippen molar-refractivity contribution in [3.63, 3.8) is 0 Å². The van der Waals surface area contributed by atoms with Crippen molar-refractivity contribution in [2.75, 3.05) is 18.0 Å². The summed E-state index contributed by atoms with van der Waals surface area (Å²) in [6.07, 6.45) is 3.60. The maximum Gasteiger partial charge on any atom is 0.166 e. The van der Waals surface area contributed by atoms with Gasteiger partial charge < -0.3 is 4.90 Å². The van der Waals surface area contributed by atoms with E-state index in [0.29, 0.717) is 16.8 Å². The summed E-state index contributed by atoms with van der Waals surface area (Å²) in [5.74, 6) is 0.110. The maximum absolute atomic E-state index is 13.6. The lowest BCUT2D eigenvalue weighted by Crippen LogP contribution is -2.37. The molecule has 1 aliphatic rings.